The van der Waals surface area contributed by atoms with Crippen molar-refractivity contribution >= 4 is 11.6 Å². The van der Waals surface area contributed by atoms with Gasteiger partial charge in [0.25, 0.3) is 0 Å². The molecule has 1 atom stereocenters. The summed E-state index contributed by atoms with van der Waals surface area (Å²) in [6.45, 7) is 7.47. The minimum absolute atomic E-state index is 0.336. The topological polar surface area (TPSA) is 76.6 Å². The lowest BCUT2D eigenvalue weighted by atomic mass is 10.2. The molecule has 1 aliphatic rings. The molecule has 0 amide bonds. The molecule has 8 nitrogen and oxygen atoms in total. The van der Waals surface area contributed by atoms with Crippen LogP contribution in [-0.2, 0) is 9.47 Å². The lowest BCUT2D eigenvalue weighted by Crippen LogP contribution is -2.44. The van der Waals surface area contributed by atoms with Gasteiger partial charge >= 0.3 is 0 Å². The highest BCUT2D eigenvalue weighted by molar-refractivity contribution is 5.80. The summed E-state index contributed by atoms with van der Waals surface area (Å²) < 4.78 is 21.3. The van der Waals surface area contributed by atoms with Crippen molar-refractivity contribution in [2.45, 2.75) is 25.8 Å². The molecule has 164 valence electrons. The molecule has 1 saturated heterocycles. The van der Waals surface area contributed by atoms with Crippen LogP contribution in [-0.4, -0.2) is 79.3 Å². The quantitative estimate of drug-likeness (QED) is 0.311. The van der Waals surface area contributed by atoms with Gasteiger partial charge in [0.1, 0.15) is 11.5 Å². The molecule has 2 rings (SSSR count). The van der Waals surface area contributed by atoms with Crippen LogP contribution in [0.2, 0.25) is 0 Å². The van der Waals surface area contributed by atoms with Crippen LogP contribution in [0, 0.1) is 0 Å². The number of hydrogen-bond donors (Lipinski definition) is 2. The molecule has 0 aromatic heterocycles. The molecule has 1 aromatic carbocycles. The van der Waals surface area contributed by atoms with Crippen molar-refractivity contribution in [3.8, 4) is 11.5 Å². The van der Waals surface area contributed by atoms with Crippen LogP contribution in [0.15, 0.2) is 23.2 Å². The van der Waals surface area contributed by atoms with Crippen molar-refractivity contribution in [1.29, 1.82) is 0 Å². The number of nitrogens with one attached hydrogen (secondary N) is 2. The first-order valence-electron chi connectivity index (χ1n) is 10.3. The molecule has 29 heavy (non-hydrogen) atoms. The van der Waals surface area contributed by atoms with Crippen LogP contribution >= 0.6 is 0 Å². The maximum absolute atomic E-state index is 5.49. The van der Waals surface area contributed by atoms with Gasteiger partial charge in [0.2, 0.25) is 0 Å². The average molecular weight is 409 g/mol. The Morgan fingerprint density at radius 2 is 1.86 bits per heavy atom. The van der Waals surface area contributed by atoms with Crippen molar-refractivity contribution in [1.82, 2.24) is 10.6 Å². The maximum Gasteiger partial charge on any atom is 0.191 e. The number of anilines is 1. The van der Waals surface area contributed by atoms with E-state index in [2.05, 4.69) is 27.4 Å². The maximum atomic E-state index is 5.49. The monoisotopic (exact) mass is 408 g/mol. The summed E-state index contributed by atoms with van der Waals surface area (Å²) >= 11 is 0. The predicted octanol–water partition coefficient (Wildman–Crippen LogP) is 1.89. The van der Waals surface area contributed by atoms with Gasteiger partial charge in [0.15, 0.2) is 5.96 Å². The number of benzene rings is 1. The zero-order valence-electron chi connectivity index (χ0n) is 18.2. The summed E-state index contributed by atoms with van der Waals surface area (Å²) in [6, 6.07) is 6.33. The molecule has 0 saturated carbocycles. The SMILES string of the molecule is CCNC(=NCCCOCCOC)NC1CCN(c2cc(OC)cc(OC)c2)C1. The molecular weight excluding hydrogens is 372 g/mol. The van der Waals surface area contributed by atoms with E-state index >= 15 is 0 Å². The lowest BCUT2D eigenvalue weighted by Gasteiger charge is -2.21. The third-order valence-corrected chi connectivity index (χ3v) is 4.72. The Kier molecular flexibility index (Phi) is 10.4. The van der Waals surface area contributed by atoms with Crippen LogP contribution in [0.5, 0.6) is 11.5 Å². The summed E-state index contributed by atoms with van der Waals surface area (Å²) in [6.07, 6.45) is 1.94. The van der Waals surface area contributed by atoms with Gasteiger partial charge in [-0.15, -0.1) is 0 Å². The van der Waals surface area contributed by atoms with Crippen LogP contribution < -0.4 is 25.0 Å². The zero-order chi connectivity index (χ0) is 20.9. The van der Waals surface area contributed by atoms with Crippen LogP contribution in [0.1, 0.15) is 19.8 Å². The molecule has 1 heterocycles. The van der Waals surface area contributed by atoms with Crippen LogP contribution in [0.25, 0.3) is 0 Å². The van der Waals surface area contributed by atoms with Gasteiger partial charge in [-0.1, -0.05) is 0 Å². The van der Waals surface area contributed by atoms with E-state index in [1.165, 1.54) is 0 Å². The average Bonchev–Trinajstić information content (AvgIpc) is 3.21. The fraction of sp³-hybridized carbons (Fsp3) is 0.667. The number of hydrogen-bond acceptors (Lipinski definition) is 6. The number of nitrogens with zero attached hydrogens (tertiary/aromatic N) is 2. The van der Waals surface area contributed by atoms with Crippen LogP contribution in [0.4, 0.5) is 5.69 Å². The third-order valence-electron chi connectivity index (χ3n) is 4.72. The van der Waals surface area contributed by atoms with Gasteiger partial charge in [-0.3, -0.25) is 4.99 Å². The Bertz CT molecular complexity index is 604. The second-order valence-corrected chi connectivity index (χ2v) is 6.87. The Hall–Kier alpha value is -2.19. The normalized spacial score (nSPS) is 16.8. The standard InChI is InChI=1S/C21H36N4O4/c1-5-22-21(23-8-6-10-29-12-11-26-2)24-17-7-9-25(16-17)18-13-19(27-3)15-20(14-18)28-4/h13-15,17H,5-12,16H2,1-4H3,(H2,22,23,24). The van der Waals surface area contributed by atoms with Crippen molar-refractivity contribution in [2.24, 2.45) is 4.99 Å². The Morgan fingerprint density at radius 3 is 2.52 bits per heavy atom. The minimum Gasteiger partial charge on any atom is -0.497 e. The van der Waals surface area contributed by atoms with Gasteiger partial charge in [-0.2, -0.15) is 0 Å². The molecule has 0 aliphatic carbocycles. The van der Waals surface area contributed by atoms with Crippen molar-refractivity contribution in [3.63, 3.8) is 0 Å². The minimum atomic E-state index is 0.336. The van der Waals surface area contributed by atoms with E-state index in [4.69, 9.17) is 18.9 Å². The first-order valence-corrected chi connectivity index (χ1v) is 10.3. The molecule has 1 fully saturated rings. The molecule has 1 aromatic rings. The van der Waals surface area contributed by atoms with Gasteiger partial charge in [0.05, 0.1) is 27.4 Å². The molecule has 8 heteroatoms. The fourth-order valence-corrected chi connectivity index (χ4v) is 3.20. The molecule has 1 aliphatic heterocycles. The number of ether oxygens (including phenoxy) is 4. The van der Waals surface area contributed by atoms with E-state index in [1.54, 1.807) is 21.3 Å². The molecule has 0 radical (unpaired) electrons. The number of rotatable bonds is 12. The van der Waals surface area contributed by atoms with Gasteiger partial charge < -0.3 is 34.5 Å². The smallest absolute Gasteiger partial charge is 0.191 e. The molecule has 0 bridgehead atoms. The van der Waals surface area contributed by atoms with E-state index in [-0.39, 0.29) is 0 Å². The summed E-state index contributed by atoms with van der Waals surface area (Å²) in [5.74, 6) is 2.47. The highest BCUT2D eigenvalue weighted by Gasteiger charge is 2.24. The van der Waals surface area contributed by atoms with Crippen molar-refractivity contribution < 1.29 is 18.9 Å². The first kappa shape index (κ1) is 23.1. The molecule has 0 spiro atoms. The Balaban J connectivity index is 1.85. The van der Waals surface area contributed by atoms with Crippen molar-refractivity contribution in [3.05, 3.63) is 18.2 Å². The summed E-state index contributed by atoms with van der Waals surface area (Å²) in [5, 5.41) is 6.89. The highest BCUT2D eigenvalue weighted by Crippen LogP contribution is 2.30. The molecule has 1 unspecified atom stereocenters. The largest absolute Gasteiger partial charge is 0.497 e. The lowest BCUT2D eigenvalue weighted by molar-refractivity contribution is 0.0702. The second-order valence-electron chi connectivity index (χ2n) is 6.87. The first-order chi connectivity index (χ1) is 14.2. The second kappa shape index (κ2) is 13.1. The predicted molar refractivity (Wildman–Crippen MR) is 117 cm³/mol. The highest BCUT2D eigenvalue weighted by atomic mass is 16.5. The van der Waals surface area contributed by atoms with E-state index in [1.807, 2.05) is 18.2 Å². The molecular formula is C21H36N4O4. The van der Waals surface area contributed by atoms with E-state index in [0.717, 1.165) is 62.2 Å². The molecule has 2 N–H and O–H groups in total. The van der Waals surface area contributed by atoms with E-state index in [9.17, 15) is 0 Å². The number of guanidine groups is 1. The summed E-state index contributed by atoms with van der Waals surface area (Å²) in [4.78, 5) is 7.02. The third kappa shape index (κ3) is 7.98. The van der Waals surface area contributed by atoms with Gasteiger partial charge in [0, 0.05) is 69.8 Å². The zero-order valence-corrected chi connectivity index (χ0v) is 18.2. The van der Waals surface area contributed by atoms with Gasteiger partial charge in [-0.25, -0.2) is 0 Å². The number of methoxy groups -OCH3 is 3. The number of aliphatic imine (C=N–C) groups is 1. The van der Waals surface area contributed by atoms with E-state index in [0.29, 0.717) is 25.9 Å². The fourth-order valence-electron chi connectivity index (χ4n) is 3.20. The Labute approximate surface area is 174 Å². The van der Waals surface area contributed by atoms with Crippen molar-refractivity contribution in [2.75, 3.05) is 72.2 Å². The summed E-state index contributed by atoms with van der Waals surface area (Å²) in [7, 11) is 5.03. The Morgan fingerprint density at radius 1 is 1.10 bits per heavy atom. The summed E-state index contributed by atoms with van der Waals surface area (Å²) in [5.41, 5.74) is 1.11. The van der Waals surface area contributed by atoms with Gasteiger partial charge in [-0.05, 0) is 19.8 Å². The van der Waals surface area contributed by atoms with Crippen LogP contribution in [0.3, 0.4) is 0 Å². The van der Waals surface area contributed by atoms with E-state index < -0.39 is 0 Å².